The Kier molecular flexibility index (Phi) is 7.97. The molecule has 0 bridgehead atoms. The molecule has 2 aromatic rings. The van der Waals surface area contributed by atoms with E-state index >= 15 is 0 Å². The number of piperidine rings is 1. The highest BCUT2D eigenvalue weighted by molar-refractivity contribution is 7.89. The van der Waals surface area contributed by atoms with Gasteiger partial charge in [-0.3, -0.25) is 4.79 Å². The Morgan fingerprint density at radius 1 is 1.15 bits per heavy atom. The number of nitrogens with one attached hydrogen (secondary N) is 1. The van der Waals surface area contributed by atoms with Crippen molar-refractivity contribution in [1.29, 1.82) is 0 Å². The first-order valence-electron chi connectivity index (χ1n) is 11.3. The first kappa shape index (κ1) is 25.0. The monoisotopic (exact) mass is 475 g/mol. The number of carbonyl (C=O) groups is 2. The van der Waals surface area contributed by atoms with E-state index in [1.54, 1.807) is 32.4 Å². The standard InChI is InChI=1S/C24H33N3O5S/c1-5-32-24(29)21-17(2)26(4)18(3)22(21)33(30,31)27-15-9-12-20(16-27)23(28)25-14-13-19-10-7-6-8-11-19/h6-8,10-11,20H,5,9,12-16H2,1-4H3,(H,25,28)/t20-/m1/s1. The molecule has 1 N–H and O–H groups in total. The minimum absolute atomic E-state index is 0.0221. The second-order valence-electron chi connectivity index (χ2n) is 8.38. The number of rotatable bonds is 8. The first-order valence-corrected chi connectivity index (χ1v) is 12.8. The molecule has 1 saturated heterocycles. The molecular weight excluding hydrogens is 442 g/mol. The van der Waals surface area contributed by atoms with Gasteiger partial charge in [0.05, 0.1) is 12.5 Å². The summed E-state index contributed by atoms with van der Waals surface area (Å²) in [4.78, 5) is 25.4. The Bertz CT molecular complexity index is 1110. The smallest absolute Gasteiger partial charge is 0.341 e. The normalized spacial score (nSPS) is 17.0. The van der Waals surface area contributed by atoms with E-state index < -0.39 is 21.9 Å². The summed E-state index contributed by atoms with van der Waals surface area (Å²) in [6.45, 7) is 6.12. The third kappa shape index (κ3) is 5.30. The molecular formula is C24H33N3O5S. The van der Waals surface area contributed by atoms with E-state index in [2.05, 4.69) is 5.32 Å². The summed E-state index contributed by atoms with van der Waals surface area (Å²) in [6, 6.07) is 9.87. The number of carbonyl (C=O) groups excluding carboxylic acids is 2. The summed E-state index contributed by atoms with van der Waals surface area (Å²) < 4.78 is 35.5. The number of benzene rings is 1. The molecule has 1 aliphatic rings. The molecule has 1 aliphatic heterocycles. The van der Waals surface area contributed by atoms with Crippen LogP contribution in [0.3, 0.4) is 0 Å². The fraction of sp³-hybridized carbons (Fsp3) is 0.500. The van der Waals surface area contributed by atoms with Crippen LogP contribution in [0.15, 0.2) is 35.2 Å². The fourth-order valence-electron chi connectivity index (χ4n) is 4.30. The quantitative estimate of drug-likeness (QED) is 0.592. The van der Waals surface area contributed by atoms with Gasteiger partial charge in [0.25, 0.3) is 0 Å². The van der Waals surface area contributed by atoms with Crippen LogP contribution < -0.4 is 5.32 Å². The van der Waals surface area contributed by atoms with Crippen LogP contribution in [0.4, 0.5) is 0 Å². The van der Waals surface area contributed by atoms with Crippen LogP contribution >= 0.6 is 0 Å². The van der Waals surface area contributed by atoms with Crippen LogP contribution in [-0.2, 0) is 33.0 Å². The average Bonchev–Trinajstić information content (AvgIpc) is 3.04. The lowest BCUT2D eigenvalue weighted by atomic mass is 9.99. The first-order chi connectivity index (χ1) is 15.7. The van der Waals surface area contributed by atoms with Gasteiger partial charge in [0, 0.05) is 38.1 Å². The molecule has 8 nitrogen and oxygen atoms in total. The van der Waals surface area contributed by atoms with E-state index in [1.165, 1.54) is 4.31 Å². The number of aromatic nitrogens is 1. The highest BCUT2D eigenvalue weighted by atomic mass is 32.2. The van der Waals surface area contributed by atoms with Gasteiger partial charge in [0.1, 0.15) is 10.5 Å². The minimum Gasteiger partial charge on any atom is -0.462 e. The summed E-state index contributed by atoms with van der Waals surface area (Å²) in [7, 11) is -2.26. The molecule has 0 aliphatic carbocycles. The number of esters is 1. The lowest BCUT2D eigenvalue weighted by Gasteiger charge is -2.31. The van der Waals surface area contributed by atoms with Crippen molar-refractivity contribution in [3.8, 4) is 0 Å². The molecule has 0 saturated carbocycles. The predicted molar refractivity (Wildman–Crippen MR) is 125 cm³/mol. The van der Waals surface area contributed by atoms with Gasteiger partial charge in [-0.2, -0.15) is 4.31 Å². The Morgan fingerprint density at radius 2 is 1.85 bits per heavy atom. The summed E-state index contributed by atoms with van der Waals surface area (Å²) >= 11 is 0. The number of sulfonamides is 1. The van der Waals surface area contributed by atoms with Gasteiger partial charge in [-0.25, -0.2) is 13.2 Å². The minimum atomic E-state index is -3.99. The number of hydrogen-bond donors (Lipinski definition) is 1. The Labute approximate surface area is 196 Å². The molecule has 0 unspecified atom stereocenters. The van der Waals surface area contributed by atoms with Crippen molar-refractivity contribution >= 4 is 21.9 Å². The summed E-state index contributed by atoms with van der Waals surface area (Å²) in [5.74, 6) is -1.22. The maximum absolute atomic E-state index is 13.6. The maximum atomic E-state index is 13.6. The second kappa shape index (κ2) is 10.5. The van der Waals surface area contributed by atoms with Crippen molar-refractivity contribution < 1.29 is 22.7 Å². The highest BCUT2D eigenvalue weighted by Crippen LogP contribution is 2.32. The lowest BCUT2D eigenvalue weighted by molar-refractivity contribution is -0.126. The fourth-order valence-corrected chi connectivity index (χ4v) is 6.30. The summed E-state index contributed by atoms with van der Waals surface area (Å²) in [5, 5.41) is 2.94. The van der Waals surface area contributed by atoms with Crippen molar-refractivity contribution in [2.75, 3.05) is 26.2 Å². The van der Waals surface area contributed by atoms with Crippen molar-refractivity contribution in [3.63, 3.8) is 0 Å². The van der Waals surface area contributed by atoms with E-state index in [0.717, 1.165) is 5.56 Å². The van der Waals surface area contributed by atoms with E-state index in [-0.39, 0.29) is 29.5 Å². The van der Waals surface area contributed by atoms with Gasteiger partial charge in [-0.15, -0.1) is 0 Å². The third-order valence-electron chi connectivity index (χ3n) is 6.31. The molecule has 9 heteroatoms. The van der Waals surface area contributed by atoms with Gasteiger partial charge in [-0.1, -0.05) is 30.3 Å². The van der Waals surface area contributed by atoms with Crippen LogP contribution in [-0.4, -0.2) is 55.4 Å². The van der Waals surface area contributed by atoms with Gasteiger partial charge in [0.2, 0.25) is 15.9 Å². The van der Waals surface area contributed by atoms with Crippen LogP contribution in [0.1, 0.15) is 47.1 Å². The van der Waals surface area contributed by atoms with E-state index in [1.807, 2.05) is 30.3 Å². The zero-order chi connectivity index (χ0) is 24.2. The van der Waals surface area contributed by atoms with Crippen LogP contribution in [0.2, 0.25) is 0 Å². The average molecular weight is 476 g/mol. The molecule has 1 amide bonds. The molecule has 3 rings (SSSR count). The van der Waals surface area contributed by atoms with E-state index in [4.69, 9.17) is 4.74 Å². The number of nitrogens with zero attached hydrogens (tertiary/aromatic N) is 2. The van der Waals surface area contributed by atoms with Gasteiger partial charge < -0.3 is 14.6 Å². The van der Waals surface area contributed by atoms with Crippen LogP contribution in [0.5, 0.6) is 0 Å². The molecule has 2 heterocycles. The number of hydrogen-bond acceptors (Lipinski definition) is 5. The second-order valence-corrected chi connectivity index (χ2v) is 10.3. The molecule has 33 heavy (non-hydrogen) atoms. The summed E-state index contributed by atoms with van der Waals surface area (Å²) in [5.41, 5.74) is 2.22. The Hall–Kier alpha value is -2.65. The molecule has 0 radical (unpaired) electrons. The largest absolute Gasteiger partial charge is 0.462 e. The molecule has 1 fully saturated rings. The molecule has 0 spiro atoms. The van der Waals surface area contributed by atoms with E-state index in [9.17, 15) is 18.0 Å². The highest BCUT2D eigenvalue weighted by Gasteiger charge is 2.38. The topological polar surface area (TPSA) is 97.7 Å². The van der Waals surface area contributed by atoms with Crippen LogP contribution in [0, 0.1) is 19.8 Å². The van der Waals surface area contributed by atoms with Crippen molar-refractivity contribution in [2.24, 2.45) is 13.0 Å². The number of ether oxygens (including phenoxy) is 1. The van der Waals surface area contributed by atoms with Gasteiger partial charge in [0.15, 0.2) is 0 Å². The van der Waals surface area contributed by atoms with Crippen molar-refractivity contribution in [1.82, 2.24) is 14.2 Å². The zero-order valence-electron chi connectivity index (χ0n) is 19.8. The molecule has 180 valence electrons. The zero-order valence-corrected chi connectivity index (χ0v) is 20.6. The SMILES string of the molecule is CCOC(=O)c1c(S(=O)(=O)N2CCC[C@@H](C(=O)NCCc3ccccc3)C2)c(C)n(C)c1C. The molecule has 1 aromatic heterocycles. The summed E-state index contributed by atoms with van der Waals surface area (Å²) in [6.07, 6.45) is 1.92. The third-order valence-corrected chi connectivity index (χ3v) is 8.34. The van der Waals surface area contributed by atoms with Crippen molar-refractivity contribution in [2.45, 2.75) is 44.9 Å². The predicted octanol–water partition coefficient (Wildman–Crippen LogP) is 2.58. The van der Waals surface area contributed by atoms with Crippen LogP contribution in [0.25, 0.3) is 0 Å². The maximum Gasteiger partial charge on any atom is 0.341 e. The molecule has 1 aromatic carbocycles. The Morgan fingerprint density at radius 3 is 2.52 bits per heavy atom. The van der Waals surface area contributed by atoms with Gasteiger partial charge in [-0.05, 0) is 45.6 Å². The van der Waals surface area contributed by atoms with E-state index in [0.29, 0.717) is 43.7 Å². The molecule has 1 atom stereocenters. The lowest BCUT2D eigenvalue weighted by Crippen LogP contribution is -2.46. The van der Waals surface area contributed by atoms with Gasteiger partial charge >= 0.3 is 5.97 Å². The number of amides is 1. The van der Waals surface area contributed by atoms with Crippen molar-refractivity contribution in [3.05, 3.63) is 52.8 Å². The Balaban J connectivity index is 1.76.